The van der Waals surface area contributed by atoms with Gasteiger partial charge in [-0.05, 0) is 31.0 Å². The highest BCUT2D eigenvalue weighted by molar-refractivity contribution is 8.14. The van der Waals surface area contributed by atoms with Crippen molar-refractivity contribution in [3.63, 3.8) is 0 Å². The van der Waals surface area contributed by atoms with Gasteiger partial charge in [-0.1, -0.05) is 0 Å². The van der Waals surface area contributed by atoms with Crippen LogP contribution in [0.4, 0.5) is 10.1 Å². The average Bonchev–Trinajstić information content (AvgIpc) is 3.22. The smallest absolute Gasteiger partial charge is 0.126 e. The van der Waals surface area contributed by atoms with Crippen LogP contribution in [-0.4, -0.2) is 52.8 Å². The van der Waals surface area contributed by atoms with Gasteiger partial charge in [-0.25, -0.2) is 4.39 Å². The Labute approximate surface area is 143 Å². The largest absolute Gasteiger partial charge is 0.394 e. The van der Waals surface area contributed by atoms with E-state index in [9.17, 15) is 9.50 Å². The summed E-state index contributed by atoms with van der Waals surface area (Å²) >= 11 is 1.62. The number of aliphatic hydroxyl groups is 1. The number of rotatable bonds is 4. The van der Waals surface area contributed by atoms with Crippen molar-refractivity contribution in [3.05, 3.63) is 29.7 Å². The van der Waals surface area contributed by atoms with Gasteiger partial charge in [0.25, 0.3) is 0 Å². The van der Waals surface area contributed by atoms with Crippen LogP contribution in [0.3, 0.4) is 0 Å². The lowest BCUT2D eigenvalue weighted by molar-refractivity contribution is 0.0905. The van der Waals surface area contributed by atoms with Crippen LogP contribution >= 0.6 is 11.8 Å². The van der Waals surface area contributed by atoms with E-state index in [4.69, 9.17) is 4.74 Å². The molecule has 3 heterocycles. The SMILES string of the molecule is OC[C@@H]1CSC(c2cc3cc(F)cc(NC4CCOCC4)c3[nH]2)=N1. The molecule has 24 heavy (non-hydrogen) atoms. The van der Waals surface area contributed by atoms with Gasteiger partial charge in [0.05, 0.1) is 29.5 Å². The fourth-order valence-electron chi connectivity index (χ4n) is 3.15. The minimum Gasteiger partial charge on any atom is -0.394 e. The maximum absolute atomic E-state index is 14.0. The average molecular weight is 349 g/mol. The molecule has 1 atom stereocenters. The molecule has 0 bridgehead atoms. The van der Waals surface area contributed by atoms with E-state index >= 15 is 0 Å². The van der Waals surface area contributed by atoms with Crippen molar-refractivity contribution >= 4 is 33.4 Å². The van der Waals surface area contributed by atoms with Crippen LogP contribution in [0, 0.1) is 5.82 Å². The highest BCUT2D eigenvalue weighted by Gasteiger charge is 2.21. The minimum absolute atomic E-state index is 0.0482. The number of nitrogens with zero attached hydrogens (tertiary/aromatic N) is 1. The van der Waals surface area contributed by atoms with Crippen molar-refractivity contribution in [2.45, 2.75) is 24.9 Å². The van der Waals surface area contributed by atoms with Crippen LogP contribution in [0.5, 0.6) is 0 Å². The normalized spacial score (nSPS) is 22.1. The first-order chi connectivity index (χ1) is 11.7. The molecule has 0 aliphatic carbocycles. The number of hydrogen-bond donors (Lipinski definition) is 3. The number of aromatic amines is 1. The Hall–Kier alpha value is -1.57. The number of benzene rings is 1. The molecule has 5 nitrogen and oxygen atoms in total. The lowest BCUT2D eigenvalue weighted by Gasteiger charge is -2.24. The fraction of sp³-hybridized carbons (Fsp3) is 0.471. The molecule has 4 rings (SSSR count). The molecule has 128 valence electrons. The summed E-state index contributed by atoms with van der Waals surface area (Å²) in [6.07, 6.45) is 1.85. The number of H-pyrrole nitrogens is 1. The van der Waals surface area contributed by atoms with E-state index in [2.05, 4.69) is 15.3 Å². The maximum atomic E-state index is 14.0. The second-order valence-corrected chi connectivity index (χ2v) is 7.22. The van der Waals surface area contributed by atoms with Gasteiger partial charge in [-0.2, -0.15) is 0 Å². The number of halogens is 1. The van der Waals surface area contributed by atoms with Gasteiger partial charge in [0.15, 0.2) is 0 Å². The highest BCUT2D eigenvalue weighted by Crippen LogP contribution is 2.30. The Balaban J connectivity index is 1.66. The van der Waals surface area contributed by atoms with Crippen LogP contribution in [0.1, 0.15) is 18.5 Å². The van der Waals surface area contributed by atoms with Crippen molar-refractivity contribution in [2.24, 2.45) is 4.99 Å². The highest BCUT2D eigenvalue weighted by atomic mass is 32.2. The Morgan fingerprint density at radius 1 is 1.33 bits per heavy atom. The zero-order valence-corrected chi connectivity index (χ0v) is 14.0. The lowest BCUT2D eigenvalue weighted by atomic mass is 10.1. The molecule has 0 radical (unpaired) electrons. The van der Waals surface area contributed by atoms with E-state index < -0.39 is 0 Å². The molecular formula is C17H20FN3O2S. The first-order valence-electron chi connectivity index (χ1n) is 8.21. The first-order valence-corrected chi connectivity index (χ1v) is 9.20. The van der Waals surface area contributed by atoms with Crippen LogP contribution in [0.2, 0.25) is 0 Å². The van der Waals surface area contributed by atoms with E-state index in [0.29, 0.717) is 6.04 Å². The molecule has 0 unspecified atom stereocenters. The first kappa shape index (κ1) is 15.9. The van der Waals surface area contributed by atoms with Gasteiger partial charge in [0.1, 0.15) is 10.9 Å². The van der Waals surface area contributed by atoms with E-state index in [1.807, 2.05) is 6.07 Å². The van der Waals surface area contributed by atoms with Gasteiger partial charge < -0.3 is 20.1 Å². The summed E-state index contributed by atoms with van der Waals surface area (Å²) in [5.74, 6) is 0.528. The molecule has 0 saturated carbocycles. The summed E-state index contributed by atoms with van der Waals surface area (Å²) in [6, 6.07) is 5.26. The molecule has 7 heteroatoms. The monoisotopic (exact) mass is 349 g/mol. The van der Waals surface area contributed by atoms with Gasteiger partial charge in [0, 0.05) is 30.4 Å². The van der Waals surface area contributed by atoms with Gasteiger partial charge >= 0.3 is 0 Å². The molecule has 1 fully saturated rings. The molecule has 0 spiro atoms. The molecule has 1 aromatic carbocycles. The zero-order valence-electron chi connectivity index (χ0n) is 13.2. The van der Waals surface area contributed by atoms with E-state index in [1.165, 1.54) is 12.1 Å². The molecule has 1 saturated heterocycles. The van der Waals surface area contributed by atoms with Gasteiger partial charge in [-0.3, -0.25) is 4.99 Å². The van der Waals surface area contributed by atoms with Crippen LogP contribution in [0.15, 0.2) is 23.2 Å². The third-order valence-corrected chi connectivity index (χ3v) is 5.58. The summed E-state index contributed by atoms with van der Waals surface area (Å²) in [5, 5.41) is 14.4. The summed E-state index contributed by atoms with van der Waals surface area (Å²) < 4.78 is 19.4. The summed E-state index contributed by atoms with van der Waals surface area (Å²) in [7, 11) is 0. The molecule has 2 aliphatic heterocycles. The van der Waals surface area contributed by atoms with Crippen LogP contribution in [-0.2, 0) is 4.74 Å². The predicted molar refractivity (Wildman–Crippen MR) is 95.6 cm³/mol. The molecule has 2 aliphatic rings. The van der Waals surface area contributed by atoms with Crippen molar-refractivity contribution in [3.8, 4) is 0 Å². The number of thioether (sulfide) groups is 1. The Bertz CT molecular complexity index is 771. The molecule has 0 amide bonds. The Morgan fingerprint density at radius 2 is 2.17 bits per heavy atom. The van der Waals surface area contributed by atoms with Crippen molar-refractivity contribution in [1.82, 2.24) is 4.98 Å². The number of aromatic nitrogens is 1. The zero-order chi connectivity index (χ0) is 16.5. The quantitative estimate of drug-likeness (QED) is 0.794. The van der Waals surface area contributed by atoms with Crippen molar-refractivity contribution in [1.29, 1.82) is 0 Å². The number of fused-ring (bicyclic) bond motifs is 1. The topological polar surface area (TPSA) is 69.6 Å². The van der Waals surface area contributed by atoms with E-state index in [1.54, 1.807) is 11.8 Å². The van der Waals surface area contributed by atoms with E-state index in [-0.39, 0.29) is 18.5 Å². The van der Waals surface area contributed by atoms with Gasteiger partial charge in [0.2, 0.25) is 0 Å². The third-order valence-electron chi connectivity index (χ3n) is 4.43. The third kappa shape index (κ3) is 3.16. The number of nitrogens with one attached hydrogen (secondary N) is 2. The number of aliphatic hydroxyl groups excluding tert-OH is 1. The van der Waals surface area contributed by atoms with Gasteiger partial charge in [-0.15, -0.1) is 11.8 Å². The maximum Gasteiger partial charge on any atom is 0.126 e. The lowest BCUT2D eigenvalue weighted by Crippen LogP contribution is -2.27. The second kappa shape index (κ2) is 6.74. The summed E-state index contributed by atoms with van der Waals surface area (Å²) in [4.78, 5) is 7.88. The fourth-order valence-corrected chi connectivity index (χ4v) is 4.17. The molecule has 2 aromatic rings. The summed E-state index contributed by atoms with van der Waals surface area (Å²) in [6.45, 7) is 1.53. The minimum atomic E-state index is -0.253. The van der Waals surface area contributed by atoms with Crippen molar-refractivity contribution < 1.29 is 14.2 Å². The Morgan fingerprint density at radius 3 is 2.92 bits per heavy atom. The number of hydrogen-bond acceptors (Lipinski definition) is 5. The molecular weight excluding hydrogens is 329 g/mol. The molecule has 3 N–H and O–H groups in total. The number of anilines is 1. The standard InChI is InChI=1S/C17H20FN3O2S/c18-11-5-10-6-15(17-20-13(8-22)9-24-17)21-16(10)14(7-11)19-12-1-3-23-4-2-12/h5-7,12-13,19,21-22H,1-4,8-9H2/t13-/m1/s1. The predicted octanol–water partition coefficient (Wildman–Crippen LogP) is 2.75. The Kier molecular flexibility index (Phi) is 4.47. The van der Waals surface area contributed by atoms with Crippen LogP contribution in [0.25, 0.3) is 10.9 Å². The number of ether oxygens (including phenoxy) is 1. The van der Waals surface area contributed by atoms with Crippen molar-refractivity contribution in [2.75, 3.05) is 30.9 Å². The second-order valence-electron chi connectivity index (χ2n) is 6.21. The van der Waals surface area contributed by atoms with Crippen LogP contribution < -0.4 is 5.32 Å². The molecule has 1 aromatic heterocycles. The summed E-state index contributed by atoms with van der Waals surface area (Å²) in [5.41, 5.74) is 2.56. The number of aliphatic imine (C=N–C) groups is 1. The van der Waals surface area contributed by atoms with E-state index in [0.717, 1.165) is 59.1 Å².